The molecule has 140 valence electrons. The molecule has 0 spiro atoms. The number of nitrogens with zero attached hydrogens (tertiary/aromatic N) is 1. The molecule has 2 aromatic carbocycles. The lowest BCUT2D eigenvalue weighted by molar-refractivity contribution is 0.0377. The lowest BCUT2D eigenvalue weighted by atomic mass is 9.89. The van der Waals surface area contributed by atoms with Crippen molar-refractivity contribution >= 4 is 17.7 Å². The summed E-state index contributed by atoms with van der Waals surface area (Å²) in [7, 11) is 2.92. The number of esters is 1. The van der Waals surface area contributed by atoms with Crippen molar-refractivity contribution in [2.24, 2.45) is 0 Å². The van der Waals surface area contributed by atoms with E-state index in [-0.39, 0.29) is 12.1 Å². The maximum Gasteiger partial charge on any atom is 0.337 e. The van der Waals surface area contributed by atoms with Crippen LogP contribution in [0.1, 0.15) is 35.3 Å². The molecule has 1 fully saturated rings. The maximum absolute atomic E-state index is 12.9. The van der Waals surface area contributed by atoms with Crippen molar-refractivity contribution in [3.05, 3.63) is 53.6 Å². The molecule has 2 bridgehead atoms. The summed E-state index contributed by atoms with van der Waals surface area (Å²) in [4.78, 5) is 26.3. The molecule has 0 aromatic heterocycles. The average Bonchev–Trinajstić information content (AvgIpc) is 2.66. The van der Waals surface area contributed by atoms with Gasteiger partial charge in [0, 0.05) is 18.1 Å². The molecule has 2 atom stereocenters. The summed E-state index contributed by atoms with van der Waals surface area (Å²) >= 11 is 0. The summed E-state index contributed by atoms with van der Waals surface area (Å²) in [6.07, 6.45) is 0.535. The Kier molecular flexibility index (Phi) is 3.95. The largest absolute Gasteiger partial charge is 0.497 e. The molecule has 27 heavy (non-hydrogen) atoms. The van der Waals surface area contributed by atoms with Crippen molar-refractivity contribution in [2.45, 2.75) is 25.1 Å². The van der Waals surface area contributed by atoms with Crippen molar-refractivity contribution in [3.63, 3.8) is 0 Å². The van der Waals surface area contributed by atoms with Crippen LogP contribution in [0.3, 0.4) is 0 Å². The van der Waals surface area contributed by atoms with E-state index < -0.39 is 11.7 Å². The number of carbonyl (C=O) groups is 2. The van der Waals surface area contributed by atoms with Gasteiger partial charge in [0.1, 0.15) is 11.5 Å². The Balaban J connectivity index is 1.75. The normalized spacial score (nSPS) is 23.0. The van der Waals surface area contributed by atoms with E-state index in [1.54, 1.807) is 36.3 Å². The van der Waals surface area contributed by atoms with E-state index >= 15 is 0 Å². The van der Waals surface area contributed by atoms with Gasteiger partial charge >= 0.3 is 12.0 Å². The maximum atomic E-state index is 12.9. The molecule has 0 unspecified atom stereocenters. The average molecular weight is 368 g/mol. The molecule has 2 aromatic rings. The van der Waals surface area contributed by atoms with Gasteiger partial charge in [0.15, 0.2) is 5.72 Å². The monoisotopic (exact) mass is 368 g/mol. The minimum atomic E-state index is -0.862. The van der Waals surface area contributed by atoms with Crippen LogP contribution in [0.25, 0.3) is 0 Å². The first kappa shape index (κ1) is 17.2. The quantitative estimate of drug-likeness (QED) is 0.842. The number of hydrogen-bond donors (Lipinski definition) is 1. The van der Waals surface area contributed by atoms with Crippen LogP contribution in [0.5, 0.6) is 11.5 Å². The van der Waals surface area contributed by atoms with Crippen molar-refractivity contribution in [1.82, 2.24) is 5.32 Å². The van der Waals surface area contributed by atoms with Crippen LogP contribution in [0.15, 0.2) is 42.5 Å². The molecule has 1 saturated heterocycles. The molecular weight excluding hydrogens is 348 g/mol. The number of urea groups is 1. The fourth-order valence-corrected chi connectivity index (χ4v) is 3.76. The Morgan fingerprint density at radius 2 is 2.07 bits per heavy atom. The Hall–Kier alpha value is -3.22. The number of ether oxygens (including phenoxy) is 3. The van der Waals surface area contributed by atoms with Crippen molar-refractivity contribution < 1.29 is 23.8 Å². The van der Waals surface area contributed by atoms with Gasteiger partial charge in [-0.15, -0.1) is 0 Å². The Morgan fingerprint density at radius 1 is 1.26 bits per heavy atom. The fourth-order valence-electron chi connectivity index (χ4n) is 3.76. The molecule has 0 radical (unpaired) electrons. The summed E-state index contributed by atoms with van der Waals surface area (Å²) in [5, 5.41) is 3.01. The number of methoxy groups -OCH3 is 2. The highest BCUT2D eigenvalue weighted by molar-refractivity contribution is 5.95. The molecule has 4 rings (SSSR count). The minimum absolute atomic E-state index is 0.252. The van der Waals surface area contributed by atoms with Crippen LogP contribution in [0.2, 0.25) is 0 Å². The first-order chi connectivity index (χ1) is 12.9. The zero-order valence-electron chi connectivity index (χ0n) is 15.3. The predicted molar refractivity (Wildman–Crippen MR) is 98.2 cm³/mol. The molecule has 2 amide bonds. The van der Waals surface area contributed by atoms with Crippen LogP contribution in [-0.2, 0) is 4.74 Å². The molecule has 2 heterocycles. The van der Waals surface area contributed by atoms with Crippen molar-refractivity contribution in [2.75, 3.05) is 19.1 Å². The van der Waals surface area contributed by atoms with E-state index in [4.69, 9.17) is 14.2 Å². The molecule has 7 nitrogen and oxygen atoms in total. The molecule has 0 saturated carbocycles. The van der Waals surface area contributed by atoms with Crippen LogP contribution in [0.4, 0.5) is 10.5 Å². The van der Waals surface area contributed by atoms with Gasteiger partial charge < -0.3 is 19.5 Å². The van der Waals surface area contributed by atoms with Crippen LogP contribution < -0.4 is 19.7 Å². The van der Waals surface area contributed by atoms with Gasteiger partial charge in [0.25, 0.3) is 0 Å². The van der Waals surface area contributed by atoms with E-state index in [2.05, 4.69) is 5.32 Å². The van der Waals surface area contributed by atoms with Gasteiger partial charge in [0.2, 0.25) is 0 Å². The van der Waals surface area contributed by atoms with Crippen molar-refractivity contribution in [3.8, 4) is 11.5 Å². The zero-order chi connectivity index (χ0) is 19.2. The summed E-state index contributed by atoms with van der Waals surface area (Å²) in [5.41, 5.74) is 1.02. The molecule has 1 N–H and O–H groups in total. The molecule has 2 aliphatic rings. The van der Waals surface area contributed by atoms with Gasteiger partial charge in [-0.2, -0.15) is 0 Å². The number of amides is 2. The van der Waals surface area contributed by atoms with E-state index in [9.17, 15) is 9.59 Å². The minimum Gasteiger partial charge on any atom is -0.497 e. The highest BCUT2D eigenvalue weighted by Crippen LogP contribution is 2.46. The smallest absolute Gasteiger partial charge is 0.337 e. The predicted octanol–water partition coefficient (Wildman–Crippen LogP) is 3.25. The van der Waals surface area contributed by atoms with E-state index in [0.717, 1.165) is 5.56 Å². The van der Waals surface area contributed by atoms with Gasteiger partial charge in [0.05, 0.1) is 31.5 Å². The molecule has 7 heteroatoms. The Bertz CT molecular complexity index is 928. The third-order valence-electron chi connectivity index (χ3n) is 5.00. The van der Waals surface area contributed by atoms with E-state index in [1.807, 2.05) is 25.1 Å². The molecular formula is C20H20N2O5. The highest BCUT2D eigenvalue weighted by atomic mass is 16.5. The van der Waals surface area contributed by atoms with Gasteiger partial charge in [-0.3, -0.25) is 4.90 Å². The third kappa shape index (κ3) is 2.75. The number of anilines is 1. The topological polar surface area (TPSA) is 77.1 Å². The van der Waals surface area contributed by atoms with Crippen LogP contribution in [0, 0.1) is 0 Å². The van der Waals surface area contributed by atoms with Gasteiger partial charge in [-0.25, -0.2) is 9.59 Å². The summed E-state index contributed by atoms with van der Waals surface area (Å²) < 4.78 is 16.3. The highest BCUT2D eigenvalue weighted by Gasteiger charge is 2.50. The first-order valence-corrected chi connectivity index (χ1v) is 8.61. The second-order valence-corrected chi connectivity index (χ2v) is 6.76. The van der Waals surface area contributed by atoms with Gasteiger partial charge in [-0.1, -0.05) is 6.07 Å². The molecule has 0 aliphatic carbocycles. The van der Waals surface area contributed by atoms with Crippen LogP contribution >= 0.6 is 0 Å². The second-order valence-electron chi connectivity index (χ2n) is 6.76. The third-order valence-corrected chi connectivity index (χ3v) is 5.00. The Morgan fingerprint density at radius 3 is 2.81 bits per heavy atom. The number of nitrogens with one attached hydrogen (secondary N) is 1. The van der Waals surface area contributed by atoms with Crippen molar-refractivity contribution in [1.29, 1.82) is 0 Å². The lowest BCUT2D eigenvalue weighted by Gasteiger charge is -2.50. The number of rotatable bonds is 3. The fraction of sp³-hybridized carbons (Fsp3) is 0.300. The summed E-state index contributed by atoms with van der Waals surface area (Å²) in [6.45, 7) is 1.88. The first-order valence-electron chi connectivity index (χ1n) is 8.61. The second kappa shape index (κ2) is 6.19. The lowest BCUT2D eigenvalue weighted by Crippen LogP contribution is -2.65. The standard InChI is InChI=1S/C20H20N2O5/c1-20-11-16(15-9-12(18(23)26-3)7-8-17(15)27-20)21-19(24)22(20)13-5-4-6-14(10-13)25-2/h4-10,16H,11H2,1-3H3,(H,21,24)/t16-,20-/m1/s1. The molecule has 2 aliphatic heterocycles. The summed E-state index contributed by atoms with van der Waals surface area (Å²) in [6, 6.07) is 11.9. The summed E-state index contributed by atoms with van der Waals surface area (Å²) in [5.74, 6) is 0.866. The number of hydrogen-bond acceptors (Lipinski definition) is 5. The zero-order valence-corrected chi connectivity index (χ0v) is 15.3. The SMILES string of the molecule is COC(=O)c1ccc2c(c1)[C@H]1C[C@@](C)(O2)N(c2cccc(OC)c2)C(=O)N1. The number of fused-ring (bicyclic) bond motifs is 4. The van der Waals surface area contributed by atoms with Crippen LogP contribution in [-0.4, -0.2) is 31.9 Å². The van der Waals surface area contributed by atoms with E-state index in [1.165, 1.54) is 7.11 Å². The van der Waals surface area contributed by atoms with Gasteiger partial charge in [-0.05, 0) is 37.3 Å². The Labute approximate surface area is 156 Å². The number of carbonyl (C=O) groups excluding carboxylic acids is 2. The number of benzene rings is 2. The van der Waals surface area contributed by atoms with E-state index in [0.29, 0.717) is 29.2 Å².